The standard InChI is InChI=1S/C14H16F3N5O4S/c1-4-27(24,25)21-12-18-10(9-5-8(2)11(23)22(3)6-9)19-13(20-12)26-7-14(15,16)17/h5-6H,4,7H2,1-3H3,(H,18,19,20,21). The predicted molar refractivity (Wildman–Crippen MR) is 89.9 cm³/mol. The van der Waals surface area contributed by atoms with Gasteiger partial charge in [0.25, 0.3) is 5.56 Å². The number of aromatic nitrogens is 4. The van der Waals surface area contributed by atoms with E-state index >= 15 is 0 Å². The van der Waals surface area contributed by atoms with Gasteiger partial charge in [0.1, 0.15) is 0 Å². The van der Waals surface area contributed by atoms with Crippen LogP contribution in [0.1, 0.15) is 12.5 Å². The van der Waals surface area contributed by atoms with E-state index in [1.165, 1.54) is 37.7 Å². The fourth-order valence-corrected chi connectivity index (χ4v) is 2.47. The number of anilines is 1. The summed E-state index contributed by atoms with van der Waals surface area (Å²) in [5.41, 5.74) is 0.322. The lowest BCUT2D eigenvalue weighted by Crippen LogP contribution is -2.22. The van der Waals surface area contributed by atoms with Crippen LogP contribution in [0.3, 0.4) is 0 Å². The summed E-state index contributed by atoms with van der Waals surface area (Å²) in [5.74, 6) is -0.952. The predicted octanol–water partition coefficient (Wildman–Crippen LogP) is 1.25. The molecule has 0 aromatic carbocycles. The lowest BCUT2D eigenvalue weighted by atomic mass is 10.2. The van der Waals surface area contributed by atoms with E-state index in [0.29, 0.717) is 5.56 Å². The molecule has 2 rings (SSSR count). The molecule has 0 bridgehead atoms. The normalized spacial score (nSPS) is 12.1. The van der Waals surface area contributed by atoms with Crippen LogP contribution in [0, 0.1) is 6.92 Å². The monoisotopic (exact) mass is 407 g/mol. The van der Waals surface area contributed by atoms with Crippen molar-refractivity contribution in [2.24, 2.45) is 7.05 Å². The van der Waals surface area contributed by atoms with E-state index < -0.39 is 34.8 Å². The highest BCUT2D eigenvalue weighted by Gasteiger charge is 2.29. The molecule has 13 heteroatoms. The maximum atomic E-state index is 12.4. The number of hydrogen-bond acceptors (Lipinski definition) is 7. The summed E-state index contributed by atoms with van der Waals surface area (Å²) in [6.45, 7) is 1.24. The van der Waals surface area contributed by atoms with Crippen molar-refractivity contribution in [1.29, 1.82) is 0 Å². The molecule has 27 heavy (non-hydrogen) atoms. The molecule has 148 valence electrons. The maximum Gasteiger partial charge on any atom is 0.422 e. The molecule has 0 spiro atoms. The maximum absolute atomic E-state index is 12.4. The molecule has 0 aliphatic heterocycles. The van der Waals surface area contributed by atoms with Crippen molar-refractivity contribution >= 4 is 16.0 Å². The summed E-state index contributed by atoms with van der Waals surface area (Å²) in [5, 5.41) is 0. The highest BCUT2D eigenvalue weighted by Crippen LogP contribution is 2.21. The van der Waals surface area contributed by atoms with E-state index in [2.05, 4.69) is 19.7 Å². The molecule has 0 amide bonds. The van der Waals surface area contributed by atoms with Crippen molar-refractivity contribution in [1.82, 2.24) is 19.5 Å². The number of halogens is 3. The van der Waals surface area contributed by atoms with Crippen molar-refractivity contribution in [3.63, 3.8) is 0 Å². The Labute approximate surface area is 152 Å². The minimum atomic E-state index is -4.64. The van der Waals surface area contributed by atoms with E-state index in [-0.39, 0.29) is 22.7 Å². The van der Waals surface area contributed by atoms with E-state index in [0.717, 1.165) is 0 Å². The lowest BCUT2D eigenvalue weighted by molar-refractivity contribution is -0.154. The first-order valence-corrected chi connectivity index (χ1v) is 9.19. The molecule has 0 fully saturated rings. The number of ether oxygens (including phenoxy) is 1. The zero-order valence-electron chi connectivity index (χ0n) is 14.5. The van der Waals surface area contributed by atoms with E-state index in [4.69, 9.17) is 0 Å². The number of pyridine rings is 1. The number of nitrogens with one attached hydrogen (secondary N) is 1. The van der Waals surface area contributed by atoms with Gasteiger partial charge in [-0.05, 0) is 19.9 Å². The van der Waals surface area contributed by atoms with Crippen molar-refractivity contribution in [2.75, 3.05) is 17.1 Å². The summed E-state index contributed by atoms with van der Waals surface area (Å²) >= 11 is 0. The van der Waals surface area contributed by atoms with E-state index in [9.17, 15) is 26.4 Å². The first kappa shape index (κ1) is 20.6. The van der Waals surface area contributed by atoms with Crippen LogP contribution < -0.4 is 15.0 Å². The minimum absolute atomic E-state index is 0.158. The Balaban J connectivity index is 2.53. The van der Waals surface area contributed by atoms with Gasteiger partial charge < -0.3 is 9.30 Å². The number of hydrogen-bond donors (Lipinski definition) is 1. The first-order valence-electron chi connectivity index (χ1n) is 7.54. The summed E-state index contributed by atoms with van der Waals surface area (Å²) in [6.07, 6.45) is -3.28. The lowest BCUT2D eigenvalue weighted by Gasteiger charge is -2.11. The molecule has 2 heterocycles. The van der Waals surface area contributed by atoms with Crippen LogP contribution in [0.2, 0.25) is 0 Å². The number of nitrogens with zero attached hydrogens (tertiary/aromatic N) is 4. The van der Waals surface area contributed by atoms with Crippen LogP contribution in [-0.4, -0.2) is 46.5 Å². The van der Waals surface area contributed by atoms with Crippen molar-refractivity contribution in [3.05, 3.63) is 28.2 Å². The molecule has 0 radical (unpaired) electrons. The zero-order chi connectivity index (χ0) is 20.4. The van der Waals surface area contributed by atoms with Gasteiger partial charge in [0.15, 0.2) is 12.4 Å². The quantitative estimate of drug-likeness (QED) is 0.766. The average Bonchev–Trinajstić information content (AvgIpc) is 2.56. The first-order chi connectivity index (χ1) is 12.4. The van der Waals surface area contributed by atoms with Gasteiger partial charge in [-0.2, -0.15) is 28.1 Å². The van der Waals surface area contributed by atoms with Crippen LogP contribution in [0.5, 0.6) is 6.01 Å². The second-order valence-electron chi connectivity index (χ2n) is 5.50. The topological polar surface area (TPSA) is 116 Å². The van der Waals surface area contributed by atoms with Crippen molar-refractivity contribution in [3.8, 4) is 17.4 Å². The zero-order valence-corrected chi connectivity index (χ0v) is 15.3. The van der Waals surface area contributed by atoms with Gasteiger partial charge >= 0.3 is 12.2 Å². The van der Waals surface area contributed by atoms with Gasteiger partial charge in [-0.15, -0.1) is 0 Å². The Morgan fingerprint density at radius 1 is 1.26 bits per heavy atom. The van der Waals surface area contributed by atoms with Gasteiger partial charge in [0, 0.05) is 24.4 Å². The molecule has 0 saturated heterocycles. The van der Waals surface area contributed by atoms with Crippen LogP contribution in [-0.2, 0) is 17.1 Å². The Morgan fingerprint density at radius 2 is 1.93 bits per heavy atom. The number of rotatable bonds is 6. The van der Waals surface area contributed by atoms with Crippen LogP contribution in [0.4, 0.5) is 19.1 Å². The van der Waals surface area contributed by atoms with Gasteiger partial charge in [-0.3, -0.25) is 9.52 Å². The fourth-order valence-electron chi connectivity index (χ4n) is 1.95. The molecule has 0 aliphatic carbocycles. The smallest absolute Gasteiger partial charge is 0.422 e. The van der Waals surface area contributed by atoms with Gasteiger partial charge in [-0.1, -0.05) is 0 Å². The minimum Gasteiger partial charge on any atom is -0.454 e. The van der Waals surface area contributed by atoms with Gasteiger partial charge in [-0.25, -0.2) is 8.42 Å². The van der Waals surface area contributed by atoms with Gasteiger partial charge in [0.2, 0.25) is 16.0 Å². The molecule has 0 unspecified atom stereocenters. The van der Waals surface area contributed by atoms with E-state index in [1.807, 2.05) is 4.72 Å². The molecule has 9 nitrogen and oxygen atoms in total. The molecule has 2 aromatic rings. The third-order valence-electron chi connectivity index (χ3n) is 3.23. The summed E-state index contributed by atoms with van der Waals surface area (Å²) < 4.78 is 68.4. The number of sulfonamides is 1. The molecule has 1 N–H and O–H groups in total. The Hall–Kier alpha value is -2.70. The Kier molecular flexibility index (Phi) is 5.73. The van der Waals surface area contributed by atoms with Crippen LogP contribution in [0.15, 0.2) is 17.1 Å². The highest BCUT2D eigenvalue weighted by atomic mass is 32.2. The highest BCUT2D eigenvalue weighted by molar-refractivity contribution is 7.92. The number of alkyl halides is 3. The summed E-state index contributed by atoms with van der Waals surface area (Å²) in [4.78, 5) is 23.0. The van der Waals surface area contributed by atoms with E-state index in [1.54, 1.807) is 0 Å². The average molecular weight is 407 g/mol. The Morgan fingerprint density at radius 3 is 2.48 bits per heavy atom. The molecule has 2 aromatic heterocycles. The van der Waals surface area contributed by atoms with Crippen LogP contribution in [0.25, 0.3) is 11.4 Å². The van der Waals surface area contributed by atoms with Crippen molar-refractivity contribution < 1.29 is 26.3 Å². The molecule has 0 saturated carbocycles. The molecular formula is C14H16F3N5O4S. The number of aryl methyl sites for hydroxylation is 2. The molecule has 0 atom stereocenters. The second kappa shape index (κ2) is 7.50. The fraction of sp³-hybridized carbons (Fsp3) is 0.429. The molecular weight excluding hydrogens is 391 g/mol. The third kappa shape index (κ3) is 5.64. The SMILES string of the molecule is CCS(=O)(=O)Nc1nc(OCC(F)(F)F)nc(-c2cc(C)c(=O)n(C)c2)n1. The van der Waals surface area contributed by atoms with Crippen molar-refractivity contribution in [2.45, 2.75) is 20.0 Å². The largest absolute Gasteiger partial charge is 0.454 e. The van der Waals surface area contributed by atoms with Crippen LogP contribution >= 0.6 is 0 Å². The Bertz CT molecular complexity index is 979. The summed E-state index contributed by atoms with van der Waals surface area (Å²) in [6, 6.07) is 0.709. The second-order valence-corrected chi connectivity index (χ2v) is 7.51. The third-order valence-corrected chi connectivity index (χ3v) is 4.48. The van der Waals surface area contributed by atoms with Gasteiger partial charge in [0.05, 0.1) is 5.75 Å². The molecule has 0 aliphatic rings. The summed E-state index contributed by atoms with van der Waals surface area (Å²) in [7, 11) is -2.32.